The molecule has 1 fully saturated rings. The zero-order valence-electron chi connectivity index (χ0n) is 16.6. The molecule has 0 bridgehead atoms. The number of hydrogen-bond donors (Lipinski definition) is 2. The summed E-state index contributed by atoms with van der Waals surface area (Å²) in [5.41, 5.74) is 1.26. The van der Waals surface area contributed by atoms with E-state index in [0.29, 0.717) is 26.2 Å². The average Bonchev–Trinajstić information content (AvgIpc) is 2.99. The number of carbonyl (C=O) groups excluding carboxylic acids is 3. The van der Waals surface area contributed by atoms with Gasteiger partial charge in [-0.15, -0.1) is 0 Å². The van der Waals surface area contributed by atoms with E-state index in [2.05, 4.69) is 37.2 Å². The molecule has 1 aliphatic rings. The number of nitrogens with one attached hydrogen (secondary N) is 1. The number of esters is 1. The smallest absolute Gasteiger partial charge is 0.338 e. The van der Waals surface area contributed by atoms with Crippen LogP contribution in [0.5, 0.6) is 5.75 Å². The van der Waals surface area contributed by atoms with E-state index in [9.17, 15) is 19.5 Å². The topological polar surface area (TPSA) is 95.9 Å². The number of aromatic hydroxyl groups is 1. The van der Waals surface area contributed by atoms with Gasteiger partial charge in [0.15, 0.2) is 0 Å². The number of carbonyl (C=O) groups is 3. The van der Waals surface area contributed by atoms with Crippen LogP contribution in [-0.2, 0) is 14.3 Å². The Morgan fingerprint density at radius 2 is 1.94 bits per heavy atom. The van der Waals surface area contributed by atoms with Crippen LogP contribution in [0, 0.1) is 0 Å². The summed E-state index contributed by atoms with van der Waals surface area (Å²) in [7, 11) is 0. The molecular formula is C21H16Br2N2O5S2. The maximum atomic E-state index is 12.8. The molecule has 32 heavy (non-hydrogen) atoms. The van der Waals surface area contributed by atoms with E-state index in [1.165, 1.54) is 11.0 Å². The Morgan fingerprint density at radius 1 is 1.25 bits per heavy atom. The van der Waals surface area contributed by atoms with Crippen LogP contribution in [0.15, 0.2) is 50.2 Å². The number of thiocarbonyl (C=S) groups is 1. The third kappa shape index (κ3) is 5.77. The Hall–Kier alpha value is -2.21. The van der Waals surface area contributed by atoms with Crippen molar-refractivity contribution in [3.05, 3.63) is 61.4 Å². The lowest BCUT2D eigenvalue weighted by Gasteiger charge is -2.14. The molecule has 11 heteroatoms. The number of thioether (sulfide) groups is 1. The minimum atomic E-state index is -0.446. The van der Waals surface area contributed by atoms with Gasteiger partial charge >= 0.3 is 5.97 Å². The largest absolute Gasteiger partial charge is 0.506 e. The summed E-state index contributed by atoms with van der Waals surface area (Å²) in [6, 6.07) is 9.57. The number of anilines is 1. The monoisotopic (exact) mass is 598 g/mol. The van der Waals surface area contributed by atoms with Gasteiger partial charge in [-0.1, -0.05) is 39.9 Å². The van der Waals surface area contributed by atoms with Gasteiger partial charge in [0.05, 0.1) is 21.5 Å². The predicted octanol–water partition coefficient (Wildman–Crippen LogP) is 4.93. The number of ether oxygens (including phenoxy) is 1. The Kier molecular flexibility index (Phi) is 8.10. The van der Waals surface area contributed by atoms with Crippen molar-refractivity contribution in [3.8, 4) is 5.75 Å². The third-order valence-electron chi connectivity index (χ3n) is 4.20. The third-order valence-corrected chi connectivity index (χ3v) is 6.64. The number of nitrogens with zero attached hydrogens (tertiary/aromatic N) is 1. The standard InChI is InChI=1S/C21H16Br2N2O5S2/c1-2-30-20(29)11-3-5-14(6-4-11)24-17(26)10-25-19(28)16(32-21(25)31)8-12-7-13(22)9-15(23)18(12)27/h3-9,27H,2,10H2,1H3,(H,24,26)/b16-8-. The highest BCUT2D eigenvalue weighted by Gasteiger charge is 2.33. The predicted molar refractivity (Wildman–Crippen MR) is 134 cm³/mol. The molecule has 0 aromatic heterocycles. The van der Waals surface area contributed by atoms with E-state index in [0.717, 1.165) is 16.2 Å². The second kappa shape index (κ2) is 10.6. The van der Waals surface area contributed by atoms with Gasteiger partial charge in [0.1, 0.15) is 16.6 Å². The van der Waals surface area contributed by atoms with Crippen LogP contribution in [0.1, 0.15) is 22.8 Å². The number of halogens is 2. The minimum absolute atomic E-state index is 0.0116. The fourth-order valence-corrected chi connectivity index (χ4v) is 5.23. The van der Waals surface area contributed by atoms with E-state index in [1.807, 2.05) is 0 Å². The molecule has 2 aromatic rings. The van der Waals surface area contributed by atoms with Gasteiger partial charge in [0.25, 0.3) is 5.91 Å². The summed E-state index contributed by atoms with van der Waals surface area (Å²) in [6.07, 6.45) is 1.52. The van der Waals surface area contributed by atoms with Crippen LogP contribution in [0.4, 0.5) is 5.69 Å². The zero-order chi connectivity index (χ0) is 23.4. The van der Waals surface area contributed by atoms with Crippen molar-refractivity contribution in [3.63, 3.8) is 0 Å². The first-order valence-corrected chi connectivity index (χ1v) is 12.0. The number of hydrogen-bond acceptors (Lipinski definition) is 7. The minimum Gasteiger partial charge on any atom is -0.506 e. The highest BCUT2D eigenvalue weighted by Crippen LogP contribution is 2.37. The van der Waals surface area contributed by atoms with Crippen LogP contribution in [0.2, 0.25) is 0 Å². The number of phenols is 1. The van der Waals surface area contributed by atoms with Gasteiger partial charge in [0.2, 0.25) is 5.91 Å². The molecule has 1 saturated heterocycles. The Labute approximate surface area is 210 Å². The van der Waals surface area contributed by atoms with Gasteiger partial charge in [-0.3, -0.25) is 14.5 Å². The second-order valence-electron chi connectivity index (χ2n) is 6.44. The lowest BCUT2D eigenvalue weighted by molar-refractivity contribution is -0.126. The summed E-state index contributed by atoms with van der Waals surface area (Å²) in [5.74, 6) is -1.33. The average molecular weight is 600 g/mol. The van der Waals surface area contributed by atoms with E-state index in [4.69, 9.17) is 17.0 Å². The van der Waals surface area contributed by atoms with E-state index in [-0.39, 0.29) is 23.2 Å². The van der Waals surface area contributed by atoms with Gasteiger partial charge in [-0.05, 0) is 65.3 Å². The summed E-state index contributed by atoms with van der Waals surface area (Å²) in [6.45, 7) is 1.72. The van der Waals surface area contributed by atoms with Gasteiger partial charge < -0.3 is 15.2 Å². The van der Waals surface area contributed by atoms with Crippen LogP contribution in [0.3, 0.4) is 0 Å². The van der Waals surface area contributed by atoms with Crippen LogP contribution < -0.4 is 5.32 Å². The first kappa shape index (κ1) is 24.4. The van der Waals surface area contributed by atoms with Crippen molar-refractivity contribution in [2.45, 2.75) is 6.92 Å². The van der Waals surface area contributed by atoms with Crippen LogP contribution in [0.25, 0.3) is 6.08 Å². The van der Waals surface area contributed by atoms with Gasteiger partial charge in [-0.2, -0.15) is 0 Å². The quantitative estimate of drug-likeness (QED) is 0.276. The maximum Gasteiger partial charge on any atom is 0.338 e. The maximum absolute atomic E-state index is 12.8. The Bertz CT molecular complexity index is 1140. The normalized spacial score (nSPS) is 14.7. The molecule has 0 spiro atoms. The summed E-state index contributed by atoms with van der Waals surface area (Å²) in [5, 5.41) is 12.9. The van der Waals surface area contributed by atoms with Gasteiger partial charge in [-0.25, -0.2) is 4.79 Å². The first-order valence-electron chi connectivity index (χ1n) is 9.20. The lowest BCUT2D eigenvalue weighted by atomic mass is 10.2. The molecule has 0 radical (unpaired) electrons. The van der Waals surface area contributed by atoms with Crippen LogP contribution in [-0.4, -0.2) is 45.3 Å². The molecule has 2 aromatic carbocycles. The molecule has 0 atom stereocenters. The molecule has 7 nitrogen and oxygen atoms in total. The molecular weight excluding hydrogens is 584 g/mol. The van der Waals surface area contributed by atoms with Crippen molar-refractivity contribution in [1.82, 2.24) is 4.90 Å². The van der Waals surface area contributed by atoms with Crippen molar-refractivity contribution in [2.75, 3.05) is 18.5 Å². The fraction of sp³-hybridized carbons (Fsp3) is 0.143. The molecule has 0 aliphatic carbocycles. The summed E-state index contributed by atoms with van der Waals surface area (Å²) in [4.78, 5) is 38.4. The molecule has 1 aliphatic heterocycles. The van der Waals surface area contributed by atoms with Crippen molar-refractivity contribution >= 4 is 89.7 Å². The van der Waals surface area contributed by atoms with E-state index < -0.39 is 17.8 Å². The van der Waals surface area contributed by atoms with Crippen molar-refractivity contribution < 1.29 is 24.2 Å². The van der Waals surface area contributed by atoms with E-state index in [1.54, 1.807) is 43.3 Å². The zero-order valence-corrected chi connectivity index (χ0v) is 21.4. The highest BCUT2D eigenvalue weighted by molar-refractivity contribution is 9.11. The molecule has 1 heterocycles. The number of rotatable bonds is 6. The van der Waals surface area contributed by atoms with Crippen molar-refractivity contribution in [2.24, 2.45) is 0 Å². The molecule has 0 unspecified atom stereocenters. The summed E-state index contributed by atoms with van der Waals surface area (Å²) >= 11 is 12.9. The van der Waals surface area contributed by atoms with Gasteiger partial charge in [0, 0.05) is 15.7 Å². The first-order chi connectivity index (χ1) is 15.2. The lowest BCUT2D eigenvalue weighted by Crippen LogP contribution is -2.36. The molecule has 0 saturated carbocycles. The van der Waals surface area contributed by atoms with Crippen molar-refractivity contribution in [1.29, 1.82) is 0 Å². The Balaban J connectivity index is 1.68. The molecule has 2 amide bonds. The molecule has 166 valence electrons. The Morgan fingerprint density at radius 3 is 2.59 bits per heavy atom. The number of phenolic OH excluding ortho intramolecular Hbond substituents is 1. The molecule has 2 N–H and O–H groups in total. The SMILES string of the molecule is CCOC(=O)c1ccc(NC(=O)CN2C(=O)/C(=C/c3cc(Br)cc(Br)c3O)SC2=S)cc1. The number of benzene rings is 2. The highest BCUT2D eigenvalue weighted by atomic mass is 79.9. The second-order valence-corrected chi connectivity index (χ2v) is 9.89. The van der Waals surface area contributed by atoms with E-state index >= 15 is 0 Å². The summed E-state index contributed by atoms with van der Waals surface area (Å²) < 4.78 is 6.35. The fourth-order valence-electron chi connectivity index (χ4n) is 2.72. The molecule has 3 rings (SSSR count). The van der Waals surface area contributed by atoms with Crippen LogP contribution >= 0.6 is 55.8 Å². The number of amides is 2.